The van der Waals surface area contributed by atoms with E-state index in [-0.39, 0.29) is 24.0 Å². The van der Waals surface area contributed by atoms with Crippen molar-refractivity contribution in [3.63, 3.8) is 0 Å². The number of ether oxygens (including phenoxy) is 1. The van der Waals surface area contributed by atoms with Crippen LogP contribution in [0.5, 0.6) is 0 Å². The van der Waals surface area contributed by atoms with Crippen molar-refractivity contribution in [1.29, 1.82) is 0 Å². The summed E-state index contributed by atoms with van der Waals surface area (Å²) in [6.45, 7) is 6.32. The van der Waals surface area contributed by atoms with Crippen LogP contribution >= 0.6 is 35.3 Å². The molecule has 2 rings (SSSR count). The van der Waals surface area contributed by atoms with Crippen LogP contribution in [-0.4, -0.2) is 38.8 Å². The monoisotopic (exact) mass is 501 g/mol. The Morgan fingerprint density at radius 1 is 1.00 bits per heavy atom. The van der Waals surface area contributed by atoms with Gasteiger partial charge in [-0.25, -0.2) is 0 Å². The molecule has 0 aliphatic heterocycles. The summed E-state index contributed by atoms with van der Waals surface area (Å²) in [7, 11) is 0. The molecule has 1 heterocycles. The molecule has 0 aliphatic rings. The van der Waals surface area contributed by atoms with Gasteiger partial charge in [-0.3, -0.25) is 4.99 Å². The van der Waals surface area contributed by atoms with Gasteiger partial charge in [0.2, 0.25) is 0 Å². The quantitative estimate of drug-likeness (QED) is 0.195. The molecule has 0 bridgehead atoms. The molecule has 0 saturated heterocycles. The van der Waals surface area contributed by atoms with E-state index in [0.29, 0.717) is 0 Å². The molecule has 1 aromatic heterocycles. The number of hydrogen-bond donors (Lipinski definition) is 2. The Kier molecular flexibility index (Phi) is 14.1. The third-order valence-corrected chi connectivity index (χ3v) is 4.87. The van der Waals surface area contributed by atoms with Crippen LogP contribution in [0.2, 0.25) is 0 Å². The number of benzene rings is 1. The molecule has 0 amide bonds. The summed E-state index contributed by atoms with van der Waals surface area (Å²) in [5.41, 5.74) is 1.33. The number of unbranched alkanes of at least 4 members (excludes halogenated alkanes) is 1. The van der Waals surface area contributed by atoms with Crippen molar-refractivity contribution in [1.82, 2.24) is 10.6 Å². The van der Waals surface area contributed by atoms with Crippen molar-refractivity contribution < 1.29 is 4.74 Å². The Balaban J connectivity index is 0.00000364. The van der Waals surface area contributed by atoms with Gasteiger partial charge >= 0.3 is 0 Å². The molecule has 0 radical (unpaired) electrons. The van der Waals surface area contributed by atoms with Crippen molar-refractivity contribution in [2.75, 3.05) is 32.8 Å². The van der Waals surface area contributed by atoms with Crippen LogP contribution in [0.4, 0.5) is 0 Å². The normalized spacial score (nSPS) is 11.1. The first-order valence-electron chi connectivity index (χ1n) is 9.54. The van der Waals surface area contributed by atoms with Gasteiger partial charge in [0, 0.05) is 31.1 Å². The zero-order chi connectivity index (χ0) is 18.3. The lowest BCUT2D eigenvalue weighted by Gasteiger charge is -2.10. The lowest BCUT2D eigenvalue weighted by Crippen LogP contribution is -2.38. The zero-order valence-corrected chi connectivity index (χ0v) is 19.3. The highest BCUT2D eigenvalue weighted by atomic mass is 127. The summed E-state index contributed by atoms with van der Waals surface area (Å²) >= 11 is 1.80. The molecule has 27 heavy (non-hydrogen) atoms. The van der Waals surface area contributed by atoms with Crippen LogP contribution in [0, 0.1) is 0 Å². The molecule has 2 N–H and O–H groups in total. The minimum absolute atomic E-state index is 0. The number of hydrogen-bond acceptors (Lipinski definition) is 3. The summed E-state index contributed by atoms with van der Waals surface area (Å²) < 4.78 is 5.72. The Bertz CT molecular complexity index is 605. The van der Waals surface area contributed by atoms with Gasteiger partial charge in [-0.15, -0.1) is 35.3 Å². The highest BCUT2D eigenvalue weighted by Crippen LogP contribution is 2.08. The summed E-state index contributed by atoms with van der Waals surface area (Å²) in [6, 6.07) is 14.8. The molecule has 0 aliphatic carbocycles. The predicted octanol–water partition coefficient (Wildman–Crippen LogP) is 4.50. The topological polar surface area (TPSA) is 45.7 Å². The third kappa shape index (κ3) is 11.3. The number of rotatable bonds is 12. The molecule has 0 fully saturated rings. The Hall–Kier alpha value is -1.12. The highest BCUT2D eigenvalue weighted by Gasteiger charge is 1.98. The average Bonchev–Trinajstić information content (AvgIpc) is 3.18. The van der Waals surface area contributed by atoms with Crippen LogP contribution in [0.15, 0.2) is 52.8 Å². The van der Waals surface area contributed by atoms with Crippen LogP contribution < -0.4 is 10.6 Å². The minimum atomic E-state index is 0. The zero-order valence-electron chi connectivity index (χ0n) is 16.2. The number of aliphatic imine (C=N–C) groups is 1. The standard InChI is InChI=1S/C21H31N3OS.HI/c1-2-22-21(24-15-12-20-11-8-18-26-20)23-14-6-7-16-25-17-13-19-9-4-3-5-10-19;/h3-5,8-11,18H,2,6-7,12-17H2,1H3,(H2,22,23,24);1H. The Morgan fingerprint density at radius 3 is 2.59 bits per heavy atom. The van der Waals surface area contributed by atoms with Crippen molar-refractivity contribution in [3.8, 4) is 0 Å². The second kappa shape index (κ2) is 15.9. The number of guanidine groups is 1. The van der Waals surface area contributed by atoms with E-state index in [2.05, 4.69) is 64.3 Å². The summed E-state index contributed by atoms with van der Waals surface area (Å²) in [6.07, 6.45) is 4.12. The van der Waals surface area contributed by atoms with Crippen LogP contribution in [-0.2, 0) is 17.6 Å². The maximum atomic E-state index is 5.72. The SMILES string of the molecule is CCNC(=NCCCCOCCc1ccccc1)NCCc1cccs1.I. The van der Waals surface area contributed by atoms with Crippen molar-refractivity contribution in [2.45, 2.75) is 32.6 Å². The van der Waals surface area contributed by atoms with Crippen molar-refractivity contribution in [2.24, 2.45) is 4.99 Å². The van der Waals surface area contributed by atoms with Gasteiger partial charge in [0.05, 0.1) is 6.61 Å². The van der Waals surface area contributed by atoms with Crippen molar-refractivity contribution in [3.05, 3.63) is 58.3 Å². The molecule has 6 heteroatoms. The lowest BCUT2D eigenvalue weighted by molar-refractivity contribution is 0.134. The molecule has 0 unspecified atom stereocenters. The van der Waals surface area contributed by atoms with Gasteiger partial charge in [0.15, 0.2) is 5.96 Å². The molecular formula is C21H32IN3OS. The Morgan fingerprint density at radius 2 is 1.85 bits per heavy atom. The number of halogens is 1. The van der Waals surface area contributed by atoms with E-state index < -0.39 is 0 Å². The fourth-order valence-corrected chi connectivity index (χ4v) is 3.25. The minimum Gasteiger partial charge on any atom is -0.381 e. The molecule has 0 saturated carbocycles. The smallest absolute Gasteiger partial charge is 0.191 e. The molecule has 0 atom stereocenters. The second-order valence-electron chi connectivity index (χ2n) is 6.07. The lowest BCUT2D eigenvalue weighted by atomic mass is 10.2. The van der Waals surface area contributed by atoms with E-state index in [0.717, 1.165) is 64.5 Å². The van der Waals surface area contributed by atoms with Crippen LogP contribution in [0.3, 0.4) is 0 Å². The van der Waals surface area contributed by atoms with Gasteiger partial charge < -0.3 is 15.4 Å². The van der Waals surface area contributed by atoms with E-state index in [1.807, 2.05) is 6.07 Å². The maximum Gasteiger partial charge on any atom is 0.191 e. The molecular weight excluding hydrogens is 469 g/mol. The molecule has 150 valence electrons. The Labute approximate surface area is 184 Å². The van der Waals surface area contributed by atoms with E-state index in [1.54, 1.807) is 11.3 Å². The maximum absolute atomic E-state index is 5.72. The summed E-state index contributed by atoms with van der Waals surface area (Å²) in [4.78, 5) is 6.04. The van der Waals surface area contributed by atoms with E-state index in [1.165, 1.54) is 10.4 Å². The molecule has 2 aromatic rings. The predicted molar refractivity (Wildman–Crippen MR) is 128 cm³/mol. The van der Waals surface area contributed by atoms with Crippen molar-refractivity contribution >= 4 is 41.3 Å². The average molecular weight is 501 g/mol. The van der Waals surface area contributed by atoms with E-state index in [9.17, 15) is 0 Å². The molecule has 0 spiro atoms. The first-order chi connectivity index (χ1) is 12.9. The van der Waals surface area contributed by atoms with Crippen LogP contribution in [0.1, 0.15) is 30.2 Å². The number of nitrogens with one attached hydrogen (secondary N) is 2. The third-order valence-electron chi connectivity index (χ3n) is 3.93. The van der Waals surface area contributed by atoms with Gasteiger partial charge in [-0.1, -0.05) is 36.4 Å². The fourth-order valence-electron chi connectivity index (χ4n) is 2.54. The van der Waals surface area contributed by atoms with Gasteiger partial charge in [0.1, 0.15) is 0 Å². The first kappa shape index (κ1) is 23.9. The first-order valence-corrected chi connectivity index (χ1v) is 10.4. The van der Waals surface area contributed by atoms with E-state index >= 15 is 0 Å². The van der Waals surface area contributed by atoms with E-state index in [4.69, 9.17) is 4.74 Å². The molecule has 1 aromatic carbocycles. The van der Waals surface area contributed by atoms with Gasteiger partial charge in [0.25, 0.3) is 0 Å². The van der Waals surface area contributed by atoms with Crippen LogP contribution in [0.25, 0.3) is 0 Å². The fraction of sp³-hybridized carbons (Fsp3) is 0.476. The summed E-state index contributed by atoms with van der Waals surface area (Å²) in [5, 5.41) is 8.83. The summed E-state index contributed by atoms with van der Waals surface area (Å²) in [5.74, 6) is 0.911. The van der Waals surface area contributed by atoms with Gasteiger partial charge in [-0.2, -0.15) is 0 Å². The van der Waals surface area contributed by atoms with Gasteiger partial charge in [-0.05, 0) is 49.6 Å². The number of thiophene rings is 1. The largest absolute Gasteiger partial charge is 0.381 e. The number of nitrogens with zero attached hydrogens (tertiary/aromatic N) is 1. The highest BCUT2D eigenvalue weighted by molar-refractivity contribution is 14.0. The second-order valence-corrected chi connectivity index (χ2v) is 7.10. The molecule has 4 nitrogen and oxygen atoms in total.